The molecule has 0 aliphatic heterocycles. The molecule has 3 nitrogen and oxygen atoms in total. The Kier molecular flexibility index (Phi) is 10.4. The van der Waals surface area contributed by atoms with Gasteiger partial charge in [-0.15, -0.1) is 11.3 Å². The summed E-state index contributed by atoms with van der Waals surface area (Å²) >= 11 is 1.85. The summed E-state index contributed by atoms with van der Waals surface area (Å²) in [6.07, 6.45) is 10.0. The van der Waals surface area contributed by atoms with Crippen LogP contribution < -0.4 is 10.2 Å². The van der Waals surface area contributed by atoms with Crippen LogP contribution in [0.5, 0.6) is 5.75 Å². The highest BCUT2D eigenvalue weighted by atomic mass is 32.1. The first-order valence-electron chi connectivity index (χ1n) is 12.0. The minimum Gasteiger partial charge on any atom is -0.497 e. The molecule has 0 bridgehead atoms. The van der Waals surface area contributed by atoms with Crippen molar-refractivity contribution in [2.45, 2.75) is 52.3 Å². The van der Waals surface area contributed by atoms with Gasteiger partial charge < -0.3 is 9.72 Å². The number of hydrogen-bond donors (Lipinski definition) is 1. The number of aryl methyl sites for hydroxylation is 3. The Morgan fingerprint density at radius 2 is 1.91 bits per heavy atom. The number of aromatic amines is 1. The number of rotatable bonds is 10. The van der Waals surface area contributed by atoms with Crippen LogP contribution in [0.1, 0.15) is 47.2 Å². The van der Waals surface area contributed by atoms with Gasteiger partial charge >= 0.3 is 0 Å². The minimum atomic E-state index is -0.170. The molecule has 2 heterocycles. The van der Waals surface area contributed by atoms with Crippen LogP contribution in [0.25, 0.3) is 0 Å². The molecule has 4 rings (SSSR count). The molecule has 2 aromatic heterocycles. The van der Waals surface area contributed by atoms with Crippen molar-refractivity contribution in [3.63, 3.8) is 0 Å². The third-order valence-corrected chi connectivity index (χ3v) is 6.79. The van der Waals surface area contributed by atoms with Gasteiger partial charge in [0, 0.05) is 23.7 Å². The van der Waals surface area contributed by atoms with Gasteiger partial charge in [-0.3, -0.25) is 0 Å². The van der Waals surface area contributed by atoms with Crippen LogP contribution in [0.2, 0.25) is 6.32 Å². The third-order valence-electron chi connectivity index (χ3n) is 5.90. The fraction of sp³-hybridized carbons (Fsp3) is 0.321. The maximum absolute atomic E-state index is 13.2. The largest absolute Gasteiger partial charge is 0.497 e. The lowest BCUT2D eigenvalue weighted by atomic mass is 9.65. The summed E-state index contributed by atoms with van der Waals surface area (Å²) in [4.78, 5) is 8.60. The van der Waals surface area contributed by atoms with Crippen molar-refractivity contribution in [1.82, 2.24) is 9.97 Å². The highest BCUT2D eigenvalue weighted by molar-refractivity contribution is 7.10. The van der Waals surface area contributed by atoms with E-state index in [1.807, 2.05) is 36.5 Å². The number of aromatic nitrogens is 2. The second kappa shape index (κ2) is 13.8. The zero-order valence-corrected chi connectivity index (χ0v) is 21.3. The maximum Gasteiger partial charge on any atom is 0.162 e. The van der Waals surface area contributed by atoms with Crippen LogP contribution in [-0.2, 0) is 19.3 Å². The number of unbranched alkanes of at least 4 members (excludes halogenated alkanes) is 1. The minimum absolute atomic E-state index is 0.170. The number of nitrogens with zero attached hydrogens (tertiary/aromatic N) is 1. The van der Waals surface area contributed by atoms with Gasteiger partial charge in [0.2, 0.25) is 0 Å². The SMILES string of the molecule is CCc1cc(F)cc(Cc2ncc[nH]2)c1.COc1ccccc1BCCCCc1ccsc1C. The van der Waals surface area contributed by atoms with E-state index in [0.29, 0.717) is 6.42 Å². The second-order valence-electron chi connectivity index (χ2n) is 8.41. The molecule has 1 N–H and O–H groups in total. The Hall–Kier alpha value is -2.86. The molecule has 6 heteroatoms. The van der Waals surface area contributed by atoms with E-state index in [-0.39, 0.29) is 5.82 Å². The molecule has 0 aliphatic rings. The summed E-state index contributed by atoms with van der Waals surface area (Å²) in [7, 11) is 2.87. The number of ether oxygens (including phenoxy) is 1. The van der Waals surface area contributed by atoms with E-state index in [0.717, 1.165) is 36.4 Å². The summed E-state index contributed by atoms with van der Waals surface area (Å²) in [5.74, 6) is 1.72. The summed E-state index contributed by atoms with van der Waals surface area (Å²) in [5.41, 5.74) is 4.84. The van der Waals surface area contributed by atoms with Gasteiger partial charge in [-0.2, -0.15) is 0 Å². The average molecular weight is 476 g/mol. The maximum atomic E-state index is 13.2. The van der Waals surface area contributed by atoms with Crippen LogP contribution in [0.4, 0.5) is 4.39 Å². The lowest BCUT2D eigenvalue weighted by Gasteiger charge is -2.06. The zero-order valence-electron chi connectivity index (χ0n) is 20.4. The smallest absolute Gasteiger partial charge is 0.162 e. The molecule has 0 saturated heterocycles. The first-order valence-corrected chi connectivity index (χ1v) is 12.9. The molecule has 0 spiro atoms. The van der Waals surface area contributed by atoms with Crippen LogP contribution >= 0.6 is 11.3 Å². The molecule has 4 aromatic rings. The van der Waals surface area contributed by atoms with Gasteiger partial charge in [-0.25, -0.2) is 9.37 Å². The fourth-order valence-electron chi connectivity index (χ4n) is 4.00. The second-order valence-corrected chi connectivity index (χ2v) is 9.53. The summed E-state index contributed by atoms with van der Waals surface area (Å²) in [6.45, 7) is 4.24. The summed E-state index contributed by atoms with van der Waals surface area (Å²) in [6, 6.07) is 15.7. The Morgan fingerprint density at radius 3 is 2.62 bits per heavy atom. The van der Waals surface area contributed by atoms with E-state index in [1.54, 1.807) is 31.6 Å². The van der Waals surface area contributed by atoms with Crippen LogP contribution in [-0.4, -0.2) is 24.4 Å². The molecular weight excluding hydrogens is 442 g/mol. The van der Waals surface area contributed by atoms with Gasteiger partial charge in [-0.1, -0.05) is 43.9 Å². The van der Waals surface area contributed by atoms with Gasteiger partial charge in [0.15, 0.2) is 7.28 Å². The topological polar surface area (TPSA) is 37.9 Å². The lowest BCUT2D eigenvalue weighted by molar-refractivity contribution is 0.418. The van der Waals surface area contributed by atoms with Crippen molar-refractivity contribution in [1.29, 1.82) is 0 Å². The number of benzene rings is 2. The number of hydrogen-bond acceptors (Lipinski definition) is 3. The van der Waals surface area contributed by atoms with E-state index in [4.69, 9.17) is 4.74 Å². The first-order chi connectivity index (χ1) is 16.6. The Morgan fingerprint density at radius 1 is 1.09 bits per heavy atom. The summed E-state index contributed by atoms with van der Waals surface area (Å²) in [5, 5.41) is 2.19. The molecule has 178 valence electrons. The van der Waals surface area contributed by atoms with E-state index in [2.05, 4.69) is 40.5 Å². The van der Waals surface area contributed by atoms with E-state index >= 15 is 0 Å². The number of nitrogens with one attached hydrogen (secondary N) is 1. The number of halogens is 1. The molecule has 0 radical (unpaired) electrons. The molecule has 0 aliphatic carbocycles. The van der Waals surface area contributed by atoms with Crippen molar-refractivity contribution in [2.75, 3.05) is 7.11 Å². The zero-order chi connectivity index (χ0) is 24.2. The number of thiophene rings is 1. The molecule has 34 heavy (non-hydrogen) atoms. The Bertz CT molecular complexity index is 1130. The van der Waals surface area contributed by atoms with Crippen LogP contribution in [0.3, 0.4) is 0 Å². The van der Waals surface area contributed by atoms with Gasteiger partial charge in [-0.05, 0) is 78.0 Å². The van der Waals surface area contributed by atoms with Gasteiger partial charge in [0.1, 0.15) is 17.4 Å². The lowest BCUT2D eigenvalue weighted by Crippen LogP contribution is -2.16. The van der Waals surface area contributed by atoms with Crippen molar-refractivity contribution in [3.8, 4) is 5.75 Å². The highest BCUT2D eigenvalue weighted by Gasteiger charge is 2.04. The monoisotopic (exact) mass is 476 g/mol. The normalized spacial score (nSPS) is 10.5. The van der Waals surface area contributed by atoms with Gasteiger partial charge in [0.25, 0.3) is 0 Å². The van der Waals surface area contributed by atoms with E-state index in [1.165, 1.54) is 41.5 Å². The molecule has 0 fully saturated rings. The quantitative estimate of drug-likeness (QED) is 0.216. The van der Waals surface area contributed by atoms with Crippen LogP contribution in [0.15, 0.2) is 66.3 Å². The first kappa shape index (κ1) is 25.8. The van der Waals surface area contributed by atoms with Crippen molar-refractivity contribution in [2.24, 2.45) is 0 Å². The summed E-state index contributed by atoms with van der Waals surface area (Å²) < 4.78 is 18.6. The van der Waals surface area contributed by atoms with Gasteiger partial charge in [0.05, 0.1) is 7.11 Å². The molecule has 0 amide bonds. The van der Waals surface area contributed by atoms with Crippen LogP contribution in [0, 0.1) is 12.7 Å². The average Bonchev–Trinajstić information content (AvgIpc) is 3.51. The predicted octanol–water partition coefficient (Wildman–Crippen LogP) is 6.27. The highest BCUT2D eigenvalue weighted by Crippen LogP contribution is 2.18. The number of para-hydroxylation sites is 1. The van der Waals surface area contributed by atoms with Crippen molar-refractivity contribution in [3.05, 3.63) is 99.5 Å². The number of imidazole rings is 1. The Labute approximate surface area is 207 Å². The van der Waals surface area contributed by atoms with E-state index < -0.39 is 0 Å². The predicted molar refractivity (Wildman–Crippen MR) is 144 cm³/mol. The number of H-pyrrole nitrogens is 1. The molecular formula is C28H34BFN2OS. The van der Waals surface area contributed by atoms with Crippen molar-refractivity contribution >= 4 is 24.1 Å². The third kappa shape index (κ3) is 8.17. The fourth-order valence-corrected chi connectivity index (χ4v) is 4.76. The Balaban J connectivity index is 0.000000196. The van der Waals surface area contributed by atoms with Crippen molar-refractivity contribution < 1.29 is 9.13 Å². The molecule has 0 saturated carbocycles. The molecule has 0 atom stereocenters. The standard InChI is InChI=1S/C16H21BOS.C12H13FN2/c1-13-14(10-12-19-13)7-5-6-11-17-15-8-3-4-9-16(15)18-2;1-2-9-5-10(7-11(13)6-9)8-12-14-3-4-15-12/h3-4,8-10,12,17H,5-7,11H2,1-2H3;3-7H,2,8H2,1H3,(H,14,15). The molecule has 0 unspecified atom stereocenters. The molecule has 2 aromatic carbocycles. The number of methoxy groups -OCH3 is 1. The van der Waals surface area contributed by atoms with E-state index in [9.17, 15) is 4.39 Å².